The lowest BCUT2D eigenvalue weighted by Gasteiger charge is -2.15. The SMILES string of the molecule is CCc1cc(CNC(=NC)NCc2cc(Cl)cc(Cl)c2OC(F)F)on1.I. The number of ether oxygens (including phenoxy) is 1. The van der Waals surface area contributed by atoms with Gasteiger partial charge < -0.3 is 19.9 Å². The fourth-order valence-corrected chi connectivity index (χ4v) is 2.72. The number of aliphatic imine (C=N–C) groups is 1. The maximum absolute atomic E-state index is 12.6. The lowest BCUT2D eigenvalue weighted by molar-refractivity contribution is -0.0504. The summed E-state index contributed by atoms with van der Waals surface area (Å²) in [5.74, 6) is 0.952. The smallest absolute Gasteiger partial charge is 0.387 e. The van der Waals surface area contributed by atoms with Crippen molar-refractivity contribution in [2.45, 2.75) is 33.0 Å². The zero-order valence-corrected chi connectivity index (χ0v) is 18.4. The Bertz CT molecular complexity index is 775. The Morgan fingerprint density at radius 2 is 1.96 bits per heavy atom. The zero-order chi connectivity index (χ0) is 19.1. The molecule has 150 valence electrons. The van der Waals surface area contributed by atoms with Gasteiger partial charge >= 0.3 is 6.61 Å². The van der Waals surface area contributed by atoms with Gasteiger partial charge in [0.25, 0.3) is 0 Å². The van der Waals surface area contributed by atoms with Crippen LogP contribution in [0.25, 0.3) is 0 Å². The summed E-state index contributed by atoms with van der Waals surface area (Å²) >= 11 is 11.9. The Hall–Kier alpha value is -1.33. The van der Waals surface area contributed by atoms with E-state index < -0.39 is 6.61 Å². The molecule has 11 heteroatoms. The summed E-state index contributed by atoms with van der Waals surface area (Å²) in [4.78, 5) is 4.06. The van der Waals surface area contributed by atoms with Crippen LogP contribution in [0.5, 0.6) is 5.75 Å². The van der Waals surface area contributed by atoms with Gasteiger partial charge in [0.2, 0.25) is 0 Å². The predicted molar refractivity (Wildman–Crippen MR) is 111 cm³/mol. The molecule has 1 heterocycles. The van der Waals surface area contributed by atoms with Gasteiger partial charge in [-0.15, -0.1) is 24.0 Å². The summed E-state index contributed by atoms with van der Waals surface area (Å²) in [6, 6.07) is 4.67. The number of aromatic nitrogens is 1. The number of rotatable bonds is 7. The number of nitrogens with one attached hydrogen (secondary N) is 2. The van der Waals surface area contributed by atoms with Crippen LogP contribution in [0.15, 0.2) is 27.7 Å². The first-order valence-corrected chi connectivity index (χ1v) is 8.50. The second-order valence-corrected chi connectivity index (χ2v) is 6.02. The first-order chi connectivity index (χ1) is 12.4. The topological polar surface area (TPSA) is 71.7 Å². The fourth-order valence-electron chi connectivity index (χ4n) is 2.14. The van der Waals surface area contributed by atoms with Gasteiger partial charge in [-0.25, -0.2) is 0 Å². The number of guanidine groups is 1. The molecular weight excluding hydrogens is 516 g/mol. The molecule has 0 spiro atoms. The van der Waals surface area contributed by atoms with Crippen LogP contribution in [-0.2, 0) is 19.5 Å². The summed E-state index contributed by atoms with van der Waals surface area (Å²) in [5, 5.41) is 10.2. The molecule has 0 bridgehead atoms. The molecule has 27 heavy (non-hydrogen) atoms. The van der Waals surface area contributed by atoms with E-state index in [2.05, 4.69) is 25.5 Å². The molecule has 0 radical (unpaired) electrons. The summed E-state index contributed by atoms with van der Waals surface area (Å²) in [6.07, 6.45) is 0.777. The lowest BCUT2D eigenvalue weighted by atomic mass is 10.2. The number of hydrogen-bond acceptors (Lipinski definition) is 4. The second kappa shape index (κ2) is 11.5. The first-order valence-electron chi connectivity index (χ1n) is 7.74. The van der Waals surface area contributed by atoms with Gasteiger partial charge in [0.05, 0.1) is 17.3 Å². The van der Waals surface area contributed by atoms with Crippen LogP contribution in [0.3, 0.4) is 0 Å². The number of halogens is 5. The van der Waals surface area contributed by atoms with Crippen molar-refractivity contribution in [2.75, 3.05) is 7.05 Å². The van der Waals surface area contributed by atoms with Gasteiger partial charge in [-0.2, -0.15) is 8.78 Å². The highest BCUT2D eigenvalue weighted by Gasteiger charge is 2.15. The van der Waals surface area contributed by atoms with Crippen molar-refractivity contribution in [3.05, 3.63) is 45.3 Å². The lowest BCUT2D eigenvalue weighted by Crippen LogP contribution is -2.36. The second-order valence-electron chi connectivity index (χ2n) is 5.17. The van der Waals surface area contributed by atoms with Crippen LogP contribution in [0, 0.1) is 0 Å². The predicted octanol–water partition coefficient (Wildman–Crippen LogP) is 4.63. The summed E-state index contributed by atoms with van der Waals surface area (Å²) in [5.41, 5.74) is 1.23. The van der Waals surface area contributed by atoms with E-state index in [0.717, 1.165) is 12.1 Å². The summed E-state index contributed by atoms with van der Waals surface area (Å²) < 4.78 is 34.9. The molecule has 0 fully saturated rings. The molecule has 0 saturated heterocycles. The van der Waals surface area contributed by atoms with E-state index in [1.807, 2.05) is 13.0 Å². The van der Waals surface area contributed by atoms with E-state index in [1.165, 1.54) is 12.1 Å². The van der Waals surface area contributed by atoms with E-state index in [1.54, 1.807) is 7.05 Å². The zero-order valence-electron chi connectivity index (χ0n) is 14.6. The molecule has 1 aromatic heterocycles. The molecule has 0 aliphatic heterocycles. The summed E-state index contributed by atoms with van der Waals surface area (Å²) in [6.45, 7) is -0.531. The van der Waals surface area contributed by atoms with Gasteiger partial charge in [-0.05, 0) is 18.6 Å². The minimum atomic E-state index is -3.00. The van der Waals surface area contributed by atoms with Crippen LogP contribution < -0.4 is 15.4 Å². The molecule has 0 unspecified atom stereocenters. The van der Waals surface area contributed by atoms with Crippen molar-refractivity contribution in [1.29, 1.82) is 0 Å². The Morgan fingerprint density at radius 3 is 2.56 bits per heavy atom. The van der Waals surface area contributed by atoms with Crippen molar-refractivity contribution in [1.82, 2.24) is 15.8 Å². The molecule has 0 atom stereocenters. The van der Waals surface area contributed by atoms with Crippen LogP contribution in [0.4, 0.5) is 8.78 Å². The van der Waals surface area contributed by atoms with Crippen molar-refractivity contribution < 1.29 is 18.0 Å². The molecule has 0 saturated carbocycles. The van der Waals surface area contributed by atoms with Gasteiger partial charge in [-0.3, -0.25) is 4.99 Å². The third-order valence-corrected chi connectivity index (χ3v) is 3.86. The van der Waals surface area contributed by atoms with Crippen molar-refractivity contribution in [3.8, 4) is 5.75 Å². The van der Waals surface area contributed by atoms with Crippen LogP contribution in [-0.4, -0.2) is 24.8 Å². The van der Waals surface area contributed by atoms with Gasteiger partial charge in [0.15, 0.2) is 11.7 Å². The minimum Gasteiger partial charge on any atom is -0.433 e. The minimum absolute atomic E-state index is 0. The third kappa shape index (κ3) is 7.30. The van der Waals surface area contributed by atoms with E-state index >= 15 is 0 Å². The average molecular weight is 535 g/mol. The standard InChI is InChI=1S/C16H18Cl2F2N4O2.HI/c1-3-11-6-12(26-24-11)8-23-16(21-2)22-7-9-4-10(17)5-13(18)14(9)25-15(19)20;/h4-6,15H,3,7-8H2,1-2H3,(H2,21,22,23);1H. The number of nitrogens with zero attached hydrogens (tertiary/aromatic N) is 2. The average Bonchev–Trinajstić information content (AvgIpc) is 3.05. The molecule has 6 nitrogen and oxygen atoms in total. The molecule has 2 rings (SSSR count). The van der Waals surface area contributed by atoms with E-state index in [4.69, 9.17) is 27.7 Å². The Kier molecular flexibility index (Phi) is 10.1. The Balaban J connectivity index is 0.00000364. The molecule has 0 aliphatic rings. The normalized spacial score (nSPS) is 11.3. The largest absolute Gasteiger partial charge is 0.433 e. The quantitative estimate of drug-likeness (QED) is 0.308. The molecular formula is C16H19Cl2F2IN4O2. The van der Waals surface area contributed by atoms with Crippen molar-refractivity contribution in [3.63, 3.8) is 0 Å². The molecule has 2 N–H and O–H groups in total. The molecule has 2 aromatic rings. The van der Waals surface area contributed by atoms with Crippen molar-refractivity contribution in [2.24, 2.45) is 4.99 Å². The molecule has 1 aromatic carbocycles. The van der Waals surface area contributed by atoms with E-state index in [9.17, 15) is 8.78 Å². The Labute approximate surface area is 182 Å². The molecule has 0 aliphatic carbocycles. The van der Waals surface area contributed by atoms with E-state index in [0.29, 0.717) is 28.9 Å². The van der Waals surface area contributed by atoms with Crippen LogP contribution in [0.2, 0.25) is 10.0 Å². The monoisotopic (exact) mass is 534 g/mol. The van der Waals surface area contributed by atoms with E-state index in [-0.39, 0.29) is 41.3 Å². The fraction of sp³-hybridized carbons (Fsp3) is 0.375. The summed E-state index contributed by atoms with van der Waals surface area (Å²) in [7, 11) is 1.58. The maximum Gasteiger partial charge on any atom is 0.387 e. The maximum atomic E-state index is 12.6. The van der Waals surface area contributed by atoms with Crippen LogP contribution >= 0.6 is 47.2 Å². The van der Waals surface area contributed by atoms with Gasteiger partial charge in [-0.1, -0.05) is 35.3 Å². The number of hydrogen-bond donors (Lipinski definition) is 2. The molecule has 0 amide bonds. The number of benzene rings is 1. The highest BCUT2D eigenvalue weighted by molar-refractivity contribution is 14.0. The van der Waals surface area contributed by atoms with Gasteiger partial charge in [0.1, 0.15) is 5.75 Å². The Morgan fingerprint density at radius 1 is 1.26 bits per heavy atom. The number of aryl methyl sites for hydroxylation is 1. The highest BCUT2D eigenvalue weighted by atomic mass is 127. The highest BCUT2D eigenvalue weighted by Crippen LogP contribution is 2.33. The first kappa shape index (κ1) is 23.7. The van der Waals surface area contributed by atoms with Crippen LogP contribution in [0.1, 0.15) is 23.9 Å². The van der Waals surface area contributed by atoms with Gasteiger partial charge in [0, 0.05) is 30.2 Å². The number of alkyl halides is 2. The third-order valence-electron chi connectivity index (χ3n) is 3.36. The van der Waals surface area contributed by atoms with Crippen molar-refractivity contribution >= 4 is 53.1 Å².